The molecule has 8 heteroatoms. The van der Waals surface area contributed by atoms with Crippen LogP contribution in [0.15, 0.2) is 47.4 Å². The summed E-state index contributed by atoms with van der Waals surface area (Å²) in [5.74, 6) is -1.42. The molecule has 0 atom stereocenters. The van der Waals surface area contributed by atoms with Crippen molar-refractivity contribution >= 4 is 21.7 Å². The molecule has 24 heavy (non-hydrogen) atoms. The summed E-state index contributed by atoms with van der Waals surface area (Å²) in [7, 11) is -0.169. The Balaban J connectivity index is 2.42. The summed E-state index contributed by atoms with van der Waals surface area (Å²) < 4.78 is 49.4. The standard InChI is InChI=1S/C16H16FNO5S/c1-18(12-6-4-5-11(9-12)16(19)23-3)24(20,21)13-7-8-15(22-2)14(17)10-13/h4-10H,1-3H3. The van der Waals surface area contributed by atoms with Crippen LogP contribution in [0.5, 0.6) is 5.75 Å². The van der Waals surface area contributed by atoms with Crippen LogP contribution in [0.25, 0.3) is 0 Å². The Kier molecular flexibility index (Phi) is 5.08. The van der Waals surface area contributed by atoms with Crippen LogP contribution in [0.3, 0.4) is 0 Å². The highest BCUT2D eigenvalue weighted by atomic mass is 32.2. The molecule has 0 heterocycles. The first-order chi connectivity index (χ1) is 11.3. The summed E-state index contributed by atoms with van der Waals surface area (Å²) in [5, 5.41) is 0. The number of hydrogen-bond donors (Lipinski definition) is 0. The van der Waals surface area contributed by atoms with Crippen LogP contribution in [0.4, 0.5) is 10.1 Å². The number of sulfonamides is 1. The van der Waals surface area contributed by atoms with Gasteiger partial charge in [0.1, 0.15) is 0 Å². The summed E-state index contributed by atoms with van der Waals surface area (Å²) >= 11 is 0. The number of rotatable bonds is 5. The third-order valence-corrected chi connectivity index (χ3v) is 5.19. The Morgan fingerprint density at radius 1 is 1.12 bits per heavy atom. The van der Waals surface area contributed by atoms with E-state index in [0.717, 1.165) is 10.4 Å². The van der Waals surface area contributed by atoms with Crippen molar-refractivity contribution in [1.29, 1.82) is 0 Å². The van der Waals surface area contributed by atoms with E-state index < -0.39 is 21.8 Å². The van der Waals surface area contributed by atoms with Gasteiger partial charge in [0.05, 0.1) is 30.4 Å². The van der Waals surface area contributed by atoms with Gasteiger partial charge in [0.15, 0.2) is 11.6 Å². The van der Waals surface area contributed by atoms with E-state index in [1.54, 1.807) is 0 Å². The summed E-state index contributed by atoms with van der Waals surface area (Å²) in [6.45, 7) is 0. The highest BCUT2D eigenvalue weighted by Crippen LogP contribution is 2.26. The van der Waals surface area contributed by atoms with Crippen LogP contribution in [-0.2, 0) is 14.8 Å². The maximum Gasteiger partial charge on any atom is 0.337 e. The molecule has 0 radical (unpaired) electrons. The molecule has 6 nitrogen and oxygen atoms in total. The van der Waals surface area contributed by atoms with E-state index in [2.05, 4.69) is 4.74 Å². The Morgan fingerprint density at radius 2 is 1.83 bits per heavy atom. The number of carbonyl (C=O) groups excluding carboxylic acids is 1. The second kappa shape index (κ2) is 6.88. The third-order valence-electron chi connectivity index (χ3n) is 3.41. The van der Waals surface area contributed by atoms with E-state index in [4.69, 9.17) is 4.74 Å². The lowest BCUT2D eigenvalue weighted by atomic mass is 10.2. The van der Waals surface area contributed by atoms with E-state index in [-0.39, 0.29) is 21.9 Å². The maximum atomic E-state index is 13.8. The number of benzene rings is 2. The molecule has 0 aliphatic carbocycles. The van der Waals surface area contributed by atoms with Crippen LogP contribution in [0, 0.1) is 5.82 Å². The van der Waals surface area contributed by atoms with Gasteiger partial charge in [-0.05, 0) is 36.4 Å². The molecule has 0 saturated heterocycles. The molecule has 0 spiro atoms. The van der Waals surface area contributed by atoms with Gasteiger partial charge in [-0.1, -0.05) is 6.07 Å². The Bertz CT molecular complexity index is 867. The van der Waals surface area contributed by atoms with Crippen molar-refractivity contribution < 1.29 is 27.1 Å². The van der Waals surface area contributed by atoms with Gasteiger partial charge in [-0.25, -0.2) is 17.6 Å². The molecular formula is C16H16FNO5S. The highest BCUT2D eigenvalue weighted by Gasteiger charge is 2.23. The van der Waals surface area contributed by atoms with Crippen molar-refractivity contribution in [2.75, 3.05) is 25.6 Å². The minimum absolute atomic E-state index is 0.0516. The lowest BCUT2D eigenvalue weighted by Gasteiger charge is -2.20. The minimum atomic E-state index is -4.00. The summed E-state index contributed by atoms with van der Waals surface area (Å²) in [6.07, 6.45) is 0. The maximum absolute atomic E-state index is 13.8. The monoisotopic (exact) mass is 353 g/mol. The van der Waals surface area contributed by atoms with Crippen molar-refractivity contribution in [1.82, 2.24) is 0 Å². The van der Waals surface area contributed by atoms with Gasteiger partial charge >= 0.3 is 5.97 Å². The van der Waals surface area contributed by atoms with Crippen LogP contribution in [0.1, 0.15) is 10.4 Å². The van der Waals surface area contributed by atoms with Crippen LogP contribution in [-0.4, -0.2) is 35.7 Å². The average molecular weight is 353 g/mol. The molecule has 0 amide bonds. The second-order valence-corrected chi connectivity index (χ2v) is 6.78. The fourth-order valence-electron chi connectivity index (χ4n) is 2.05. The zero-order valence-electron chi connectivity index (χ0n) is 13.3. The van der Waals surface area contributed by atoms with E-state index in [1.165, 1.54) is 57.7 Å². The van der Waals surface area contributed by atoms with Crippen LogP contribution in [0.2, 0.25) is 0 Å². The predicted octanol–water partition coefficient (Wildman–Crippen LogP) is 2.45. The first-order valence-corrected chi connectivity index (χ1v) is 8.26. The van der Waals surface area contributed by atoms with Gasteiger partial charge in [0, 0.05) is 7.05 Å². The Morgan fingerprint density at radius 3 is 2.42 bits per heavy atom. The van der Waals surface area contributed by atoms with Crippen molar-refractivity contribution in [3.8, 4) is 5.75 Å². The lowest BCUT2D eigenvalue weighted by Crippen LogP contribution is -2.26. The van der Waals surface area contributed by atoms with Gasteiger partial charge in [-0.15, -0.1) is 0 Å². The third kappa shape index (κ3) is 3.33. The van der Waals surface area contributed by atoms with Gasteiger partial charge in [0.2, 0.25) is 0 Å². The largest absolute Gasteiger partial charge is 0.494 e. The number of nitrogens with zero attached hydrogens (tertiary/aromatic N) is 1. The van der Waals surface area contributed by atoms with Crippen molar-refractivity contribution in [3.63, 3.8) is 0 Å². The molecule has 0 aliphatic rings. The molecule has 0 N–H and O–H groups in total. The number of hydrogen-bond acceptors (Lipinski definition) is 5. The van der Waals surface area contributed by atoms with Crippen LogP contribution < -0.4 is 9.04 Å². The van der Waals surface area contributed by atoms with Crippen molar-refractivity contribution in [2.45, 2.75) is 4.90 Å². The number of ether oxygens (including phenoxy) is 2. The van der Waals surface area contributed by atoms with E-state index in [0.29, 0.717) is 0 Å². The van der Waals surface area contributed by atoms with Gasteiger partial charge in [-0.2, -0.15) is 0 Å². The number of halogens is 1. The molecule has 2 aromatic rings. The van der Waals surface area contributed by atoms with E-state index in [9.17, 15) is 17.6 Å². The summed E-state index contributed by atoms with van der Waals surface area (Å²) in [4.78, 5) is 11.3. The first-order valence-electron chi connectivity index (χ1n) is 6.82. The number of carbonyl (C=O) groups is 1. The summed E-state index contributed by atoms with van der Waals surface area (Å²) in [6, 6.07) is 9.30. The molecule has 2 aromatic carbocycles. The fourth-order valence-corrected chi connectivity index (χ4v) is 3.25. The molecule has 0 unspecified atom stereocenters. The quantitative estimate of drug-likeness (QED) is 0.772. The molecule has 2 rings (SSSR count). The second-order valence-electron chi connectivity index (χ2n) is 4.81. The van der Waals surface area contributed by atoms with Crippen molar-refractivity contribution in [2.24, 2.45) is 0 Å². The SMILES string of the molecule is COC(=O)c1cccc(N(C)S(=O)(=O)c2ccc(OC)c(F)c2)c1. The fraction of sp³-hybridized carbons (Fsp3) is 0.188. The zero-order chi connectivity index (χ0) is 17.9. The Labute approximate surface area is 139 Å². The first kappa shape index (κ1) is 17.7. The molecule has 0 aromatic heterocycles. The summed E-state index contributed by atoms with van der Waals surface area (Å²) in [5.41, 5.74) is 0.451. The van der Waals surface area contributed by atoms with E-state index in [1.807, 2.05) is 0 Å². The molecule has 0 aliphatic heterocycles. The normalized spacial score (nSPS) is 11.0. The van der Waals surface area contributed by atoms with Gasteiger partial charge in [-0.3, -0.25) is 4.31 Å². The lowest BCUT2D eigenvalue weighted by molar-refractivity contribution is 0.0600. The van der Waals surface area contributed by atoms with Crippen molar-refractivity contribution in [3.05, 3.63) is 53.8 Å². The zero-order valence-corrected chi connectivity index (χ0v) is 14.1. The van der Waals surface area contributed by atoms with Crippen LogP contribution >= 0.6 is 0 Å². The molecule has 128 valence electrons. The number of methoxy groups -OCH3 is 2. The Hall–Kier alpha value is -2.61. The minimum Gasteiger partial charge on any atom is -0.494 e. The van der Waals surface area contributed by atoms with Gasteiger partial charge < -0.3 is 9.47 Å². The molecule has 0 fully saturated rings. The molecule has 0 saturated carbocycles. The smallest absolute Gasteiger partial charge is 0.337 e. The molecular weight excluding hydrogens is 337 g/mol. The molecule has 0 bridgehead atoms. The number of anilines is 1. The highest BCUT2D eigenvalue weighted by molar-refractivity contribution is 7.92. The average Bonchev–Trinajstić information content (AvgIpc) is 2.60. The number of esters is 1. The predicted molar refractivity (Wildman–Crippen MR) is 86.3 cm³/mol. The van der Waals surface area contributed by atoms with Gasteiger partial charge in [0.25, 0.3) is 10.0 Å². The topological polar surface area (TPSA) is 72.9 Å². The van der Waals surface area contributed by atoms with E-state index >= 15 is 0 Å².